The monoisotopic (exact) mass is 273 g/mol. The van der Waals surface area contributed by atoms with Crippen LogP contribution in [0.3, 0.4) is 0 Å². The number of nitrogens with one attached hydrogen (secondary N) is 1. The molecule has 0 aliphatic carbocycles. The Morgan fingerprint density at radius 2 is 1.95 bits per heavy atom. The maximum Gasteiger partial charge on any atom is 0.123 e. The van der Waals surface area contributed by atoms with Gasteiger partial charge < -0.3 is 5.32 Å². The van der Waals surface area contributed by atoms with Gasteiger partial charge in [-0.05, 0) is 50.1 Å². The molecule has 0 saturated heterocycles. The second-order valence-electron chi connectivity index (χ2n) is 5.03. The van der Waals surface area contributed by atoms with Gasteiger partial charge >= 0.3 is 0 Å². The number of aryl methyl sites for hydroxylation is 2. The second kappa shape index (κ2) is 6.57. The summed E-state index contributed by atoms with van der Waals surface area (Å²) in [7, 11) is 0. The zero-order valence-electron chi connectivity index (χ0n) is 12.2. The molecule has 106 valence electrons. The summed E-state index contributed by atoms with van der Waals surface area (Å²) in [4.78, 5) is 8.70. The molecule has 3 nitrogen and oxygen atoms in total. The van der Waals surface area contributed by atoms with Crippen molar-refractivity contribution in [2.75, 3.05) is 6.54 Å². The lowest BCUT2D eigenvalue weighted by atomic mass is 10.0. The van der Waals surface area contributed by atoms with Gasteiger partial charge in [-0.25, -0.2) is 4.39 Å². The zero-order chi connectivity index (χ0) is 14.5. The number of hydrogen-bond donors (Lipinski definition) is 1. The van der Waals surface area contributed by atoms with Crippen LogP contribution >= 0.6 is 0 Å². The van der Waals surface area contributed by atoms with E-state index in [4.69, 9.17) is 0 Å². The molecule has 2 rings (SSSR count). The summed E-state index contributed by atoms with van der Waals surface area (Å²) >= 11 is 0. The number of hydrogen-bond acceptors (Lipinski definition) is 3. The van der Waals surface area contributed by atoms with Crippen molar-refractivity contribution in [3.8, 4) is 0 Å². The molecule has 1 N–H and O–H groups in total. The first kappa shape index (κ1) is 14.6. The Labute approximate surface area is 119 Å². The molecule has 0 radical (unpaired) electrons. The third-order valence-electron chi connectivity index (χ3n) is 3.09. The van der Waals surface area contributed by atoms with Crippen LogP contribution in [-0.2, 0) is 0 Å². The van der Waals surface area contributed by atoms with Gasteiger partial charge in [-0.3, -0.25) is 9.97 Å². The summed E-state index contributed by atoms with van der Waals surface area (Å²) in [5.74, 6) is -0.219. The van der Waals surface area contributed by atoms with Gasteiger partial charge in [-0.2, -0.15) is 0 Å². The maximum atomic E-state index is 13.6. The van der Waals surface area contributed by atoms with Crippen molar-refractivity contribution < 1.29 is 4.39 Å². The quantitative estimate of drug-likeness (QED) is 0.908. The summed E-state index contributed by atoms with van der Waals surface area (Å²) in [6, 6.07) is 4.94. The molecule has 0 aliphatic rings. The molecule has 1 aromatic heterocycles. The van der Waals surface area contributed by atoms with E-state index >= 15 is 0 Å². The minimum atomic E-state index is -0.219. The van der Waals surface area contributed by atoms with E-state index in [0.717, 1.165) is 35.5 Å². The predicted molar refractivity (Wildman–Crippen MR) is 78.0 cm³/mol. The van der Waals surface area contributed by atoms with E-state index in [1.165, 1.54) is 6.07 Å². The first-order chi connectivity index (χ1) is 9.60. The fourth-order valence-electron chi connectivity index (χ4n) is 2.16. The average Bonchev–Trinajstić information content (AvgIpc) is 2.40. The Kier molecular flexibility index (Phi) is 4.79. The van der Waals surface area contributed by atoms with Gasteiger partial charge in [-0.1, -0.05) is 13.0 Å². The van der Waals surface area contributed by atoms with E-state index in [-0.39, 0.29) is 11.9 Å². The molecule has 1 heterocycles. The molecule has 0 bridgehead atoms. The molecular formula is C16H20FN3. The number of rotatable bonds is 5. The van der Waals surface area contributed by atoms with E-state index in [0.29, 0.717) is 0 Å². The van der Waals surface area contributed by atoms with Crippen molar-refractivity contribution in [3.05, 3.63) is 58.9 Å². The molecule has 2 aromatic rings. The van der Waals surface area contributed by atoms with Crippen molar-refractivity contribution in [1.82, 2.24) is 15.3 Å². The van der Waals surface area contributed by atoms with Gasteiger partial charge in [0.15, 0.2) is 0 Å². The van der Waals surface area contributed by atoms with Crippen molar-refractivity contribution >= 4 is 0 Å². The Balaban J connectivity index is 2.38. The largest absolute Gasteiger partial charge is 0.305 e. The first-order valence-electron chi connectivity index (χ1n) is 6.89. The smallest absolute Gasteiger partial charge is 0.123 e. The molecule has 0 fully saturated rings. The van der Waals surface area contributed by atoms with Gasteiger partial charge in [0.2, 0.25) is 0 Å². The van der Waals surface area contributed by atoms with E-state index in [1.807, 2.05) is 19.9 Å². The van der Waals surface area contributed by atoms with Crippen LogP contribution in [0.4, 0.5) is 4.39 Å². The van der Waals surface area contributed by atoms with Gasteiger partial charge in [0.1, 0.15) is 5.82 Å². The van der Waals surface area contributed by atoms with Crippen molar-refractivity contribution in [3.63, 3.8) is 0 Å². The Morgan fingerprint density at radius 3 is 2.55 bits per heavy atom. The van der Waals surface area contributed by atoms with E-state index in [2.05, 4.69) is 22.2 Å². The van der Waals surface area contributed by atoms with Gasteiger partial charge in [0.05, 0.1) is 23.6 Å². The van der Waals surface area contributed by atoms with Crippen molar-refractivity contribution in [2.24, 2.45) is 0 Å². The molecule has 20 heavy (non-hydrogen) atoms. The highest BCUT2D eigenvalue weighted by molar-refractivity contribution is 5.31. The van der Waals surface area contributed by atoms with Crippen LogP contribution in [0.15, 0.2) is 30.6 Å². The lowest BCUT2D eigenvalue weighted by molar-refractivity contribution is 0.573. The van der Waals surface area contributed by atoms with Crippen LogP contribution in [0.5, 0.6) is 0 Å². The second-order valence-corrected chi connectivity index (χ2v) is 5.03. The highest BCUT2D eigenvalue weighted by Crippen LogP contribution is 2.22. The first-order valence-corrected chi connectivity index (χ1v) is 6.89. The molecule has 1 unspecified atom stereocenters. The third kappa shape index (κ3) is 3.61. The lowest BCUT2D eigenvalue weighted by Gasteiger charge is -2.19. The molecule has 0 spiro atoms. The van der Waals surface area contributed by atoms with Gasteiger partial charge in [0, 0.05) is 6.20 Å². The zero-order valence-corrected chi connectivity index (χ0v) is 12.2. The summed E-state index contributed by atoms with van der Waals surface area (Å²) in [6.45, 7) is 6.74. The van der Waals surface area contributed by atoms with Crippen LogP contribution in [0.2, 0.25) is 0 Å². The lowest BCUT2D eigenvalue weighted by Crippen LogP contribution is -2.24. The van der Waals surface area contributed by atoms with E-state index < -0.39 is 0 Å². The fraction of sp³-hybridized carbons (Fsp3) is 0.375. The highest BCUT2D eigenvalue weighted by Gasteiger charge is 2.16. The minimum absolute atomic E-state index is 0.127. The summed E-state index contributed by atoms with van der Waals surface area (Å²) < 4.78 is 13.6. The summed E-state index contributed by atoms with van der Waals surface area (Å²) in [6.07, 6.45) is 4.50. The molecular weight excluding hydrogens is 253 g/mol. The number of nitrogens with zero attached hydrogens (tertiary/aromatic N) is 2. The Morgan fingerprint density at radius 1 is 1.15 bits per heavy atom. The van der Waals surface area contributed by atoms with Gasteiger partial charge in [0.25, 0.3) is 0 Å². The van der Waals surface area contributed by atoms with E-state index in [1.54, 1.807) is 18.5 Å². The average molecular weight is 273 g/mol. The third-order valence-corrected chi connectivity index (χ3v) is 3.09. The Hall–Kier alpha value is -1.81. The molecule has 0 aliphatic heterocycles. The van der Waals surface area contributed by atoms with Crippen molar-refractivity contribution in [2.45, 2.75) is 33.2 Å². The topological polar surface area (TPSA) is 37.8 Å². The van der Waals surface area contributed by atoms with E-state index in [9.17, 15) is 4.39 Å². The fourth-order valence-corrected chi connectivity index (χ4v) is 2.16. The normalized spacial score (nSPS) is 12.4. The molecule has 1 aromatic carbocycles. The number of halogens is 1. The van der Waals surface area contributed by atoms with Crippen LogP contribution < -0.4 is 5.32 Å². The van der Waals surface area contributed by atoms with Crippen LogP contribution in [0.25, 0.3) is 0 Å². The predicted octanol–water partition coefficient (Wildman–Crippen LogP) is 3.32. The molecule has 1 atom stereocenters. The molecule has 0 saturated carbocycles. The number of aromatic nitrogens is 2. The summed E-state index contributed by atoms with van der Waals surface area (Å²) in [5.41, 5.74) is 3.48. The summed E-state index contributed by atoms with van der Waals surface area (Å²) in [5, 5.41) is 3.41. The maximum absolute atomic E-state index is 13.6. The molecule has 0 amide bonds. The van der Waals surface area contributed by atoms with Crippen LogP contribution in [0.1, 0.15) is 41.9 Å². The number of benzene rings is 1. The molecule has 4 heteroatoms. The van der Waals surface area contributed by atoms with Gasteiger partial charge in [-0.15, -0.1) is 0 Å². The highest BCUT2D eigenvalue weighted by atomic mass is 19.1. The SMILES string of the molecule is CCCNC(c1cc(C)cc(F)c1)c1cnc(C)cn1. The Bertz CT molecular complexity index is 546. The van der Waals surface area contributed by atoms with Crippen LogP contribution in [-0.4, -0.2) is 16.5 Å². The van der Waals surface area contributed by atoms with Crippen LogP contribution in [0, 0.1) is 19.7 Å². The standard InChI is InChI=1S/C16H20FN3/c1-4-5-18-16(15-10-19-12(3)9-20-15)13-6-11(2)7-14(17)8-13/h6-10,16,18H,4-5H2,1-3H3. The van der Waals surface area contributed by atoms with Crippen molar-refractivity contribution in [1.29, 1.82) is 0 Å². The minimum Gasteiger partial charge on any atom is -0.305 e.